The van der Waals surface area contributed by atoms with Crippen LogP contribution in [-0.4, -0.2) is 15.2 Å². The van der Waals surface area contributed by atoms with E-state index in [4.69, 9.17) is 34.8 Å². The molecule has 1 aromatic carbocycles. The van der Waals surface area contributed by atoms with E-state index in [2.05, 4.69) is 43.1 Å². The number of halogens is 4. The second-order valence-corrected chi connectivity index (χ2v) is 5.32. The summed E-state index contributed by atoms with van der Waals surface area (Å²) in [6.07, 6.45) is 0. The molecule has 1 heterocycles. The SMILES string of the molecule is Clc1nnc(Cl)c(Nc2ccc(I)cc2Cl)n1. The van der Waals surface area contributed by atoms with Crippen molar-refractivity contribution < 1.29 is 0 Å². The second kappa shape index (κ2) is 5.51. The molecule has 0 unspecified atom stereocenters. The Morgan fingerprint density at radius 3 is 2.59 bits per heavy atom. The summed E-state index contributed by atoms with van der Waals surface area (Å²) in [4.78, 5) is 3.92. The topological polar surface area (TPSA) is 50.7 Å². The fourth-order valence-corrected chi connectivity index (χ4v) is 2.24. The number of hydrogen-bond acceptors (Lipinski definition) is 4. The van der Waals surface area contributed by atoms with Gasteiger partial charge in [0, 0.05) is 3.57 Å². The molecule has 0 aliphatic carbocycles. The van der Waals surface area contributed by atoms with Crippen LogP contribution in [0.25, 0.3) is 0 Å². The van der Waals surface area contributed by atoms with E-state index in [9.17, 15) is 0 Å². The van der Waals surface area contributed by atoms with Gasteiger partial charge >= 0.3 is 0 Å². The number of rotatable bonds is 2. The molecule has 0 spiro atoms. The largest absolute Gasteiger partial charge is 0.336 e. The van der Waals surface area contributed by atoms with Crippen LogP contribution >= 0.6 is 57.4 Å². The first-order valence-electron chi connectivity index (χ1n) is 4.34. The third kappa shape index (κ3) is 3.31. The number of nitrogens with zero attached hydrogens (tertiary/aromatic N) is 3. The van der Waals surface area contributed by atoms with Crippen LogP contribution in [0.1, 0.15) is 0 Å². The van der Waals surface area contributed by atoms with E-state index in [1.807, 2.05) is 18.2 Å². The molecule has 4 nitrogen and oxygen atoms in total. The molecule has 0 aliphatic heterocycles. The van der Waals surface area contributed by atoms with Crippen molar-refractivity contribution in [3.63, 3.8) is 0 Å². The molecule has 0 amide bonds. The molecule has 2 aromatic rings. The molecule has 1 N–H and O–H groups in total. The maximum Gasteiger partial charge on any atom is 0.245 e. The Labute approximate surface area is 126 Å². The summed E-state index contributed by atoms with van der Waals surface area (Å²) in [5.74, 6) is 0.315. The maximum atomic E-state index is 6.06. The highest BCUT2D eigenvalue weighted by Gasteiger charge is 2.08. The summed E-state index contributed by atoms with van der Waals surface area (Å²) < 4.78 is 1.03. The van der Waals surface area contributed by atoms with Gasteiger partial charge in [-0.05, 0) is 52.4 Å². The molecule has 0 fully saturated rings. The van der Waals surface area contributed by atoms with Gasteiger partial charge in [0.25, 0.3) is 0 Å². The van der Waals surface area contributed by atoms with Gasteiger partial charge in [-0.25, -0.2) is 0 Å². The fourth-order valence-electron chi connectivity index (χ4n) is 1.09. The monoisotopic (exact) mass is 400 g/mol. The molecule has 88 valence electrons. The normalized spacial score (nSPS) is 10.4. The molecule has 8 heteroatoms. The second-order valence-electron chi connectivity index (χ2n) is 2.97. The lowest BCUT2D eigenvalue weighted by atomic mass is 10.3. The van der Waals surface area contributed by atoms with Crippen molar-refractivity contribution in [1.82, 2.24) is 15.2 Å². The maximum absolute atomic E-state index is 6.06. The number of hydrogen-bond donors (Lipinski definition) is 1. The van der Waals surface area contributed by atoms with E-state index in [1.54, 1.807) is 0 Å². The third-order valence-corrected chi connectivity index (χ3v) is 3.20. The third-order valence-electron chi connectivity index (χ3n) is 1.80. The highest BCUT2D eigenvalue weighted by Crippen LogP contribution is 2.28. The van der Waals surface area contributed by atoms with Gasteiger partial charge in [0.15, 0.2) is 11.0 Å². The smallest absolute Gasteiger partial charge is 0.245 e. The molecular formula is C9H4Cl3IN4. The van der Waals surface area contributed by atoms with Crippen molar-refractivity contribution in [2.24, 2.45) is 0 Å². The number of nitrogens with one attached hydrogen (secondary N) is 1. The van der Waals surface area contributed by atoms with Crippen molar-refractivity contribution in [3.8, 4) is 0 Å². The predicted octanol–water partition coefficient (Wildman–Crippen LogP) is 4.18. The van der Waals surface area contributed by atoms with E-state index in [-0.39, 0.29) is 10.4 Å². The van der Waals surface area contributed by atoms with Gasteiger partial charge in [-0.2, -0.15) is 4.98 Å². The van der Waals surface area contributed by atoms with Crippen molar-refractivity contribution in [2.45, 2.75) is 0 Å². The van der Waals surface area contributed by atoms with Crippen molar-refractivity contribution in [1.29, 1.82) is 0 Å². The first kappa shape index (κ1) is 13.1. The zero-order chi connectivity index (χ0) is 12.4. The molecule has 0 aliphatic rings. The van der Waals surface area contributed by atoms with Gasteiger partial charge in [0.1, 0.15) is 0 Å². The first-order chi connectivity index (χ1) is 8.06. The first-order valence-corrected chi connectivity index (χ1v) is 6.55. The van der Waals surface area contributed by atoms with Crippen LogP contribution in [-0.2, 0) is 0 Å². The van der Waals surface area contributed by atoms with Gasteiger partial charge < -0.3 is 5.32 Å². The van der Waals surface area contributed by atoms with Crippen LogP contribution in [0.3, 0.4) is 0 Å². The Kier molecular flexibility index (Phi) is 4.24. The molecule has 0 atom stereocenters. The minimum Gasteiger partial charge on any atom is -0.336 e. The van der Waals surface area contributed by atoms with Gasteiger partial charge in [-0.3, -0.25) is 0 Å². The van der Waals surface area contributed by atoms with Crippen LogP contribution < -0.4 is 5.32 Å². The Balaban J connectivity index is 2.34. The summed E-state index contributed by atoms with van der Waals surface area (Å²) in [5, 5.41) is 10.8. The number of benzene rings is 1. The lowest BCUT2D eigenvalue weighted by molar-refractivity contribution is 0.975. The molecule has 2 rings (SSSR count). The Morgan fingerprint density at radius 2 is 1.88 bits per heavy atom. The average Bonchev–Trinajstić information content (AvgIpc) is 2.27. The minimum absolute atomic E-state index is 0.0125. The van der Waals surface area contributed by atoms with Crippen LogP contribution in [0, 0.1) is 3.57 Å². The van der Waals surface area contributed by atoms with Crippen LogP contribution in [0.4, 0.5) is 11.5 Å². The zero-order valence-electron chi connectivity index (χ0n) is 8.09. The van der Waals surface area contributed by atoms with Crippen LogP contribution in [0.5, 0.6) is 0 Å². The molecule has 17 heavy (non-hydrogen) atoms. The Bertz CT molecular complexity index is 564. The van der Waals surface area contributed by atoms with Crippen molar-refractivity contribution in [3.05, 3.63) is 37.2 Å². The Hall–Kier alpha value is -0.370. The van der Waals surface area contributed by atoms with E-state index in [1.165, 1.54) is 0 Å². The van der Waals surface area contributed by atoms with E-state index in [0.29, 0.717) is 16.5 Å². The predicted molar refractivity (Wildman–Crippen MR) is 77.3 cm³/mol. The van der Waals surface area contributed by atoms with Gasteiger partial charge in [-0.1, -0.05) is 23.2 Å². The number of aromatic nitrogens is 3. The lowest BCUT2D eigenvalue weighted by Crippen LogP contribution is -1.99. The molecule has 0 radical (unpaired) electrons. The zero-order valence-corrected chi connectivity index (χ0v) is 12.5. The summed E-state index contributed by atoms with van der Waals surface area (Å²) >= 11 is 19.7. The molecule has 0 saturated carbocycles. The van der Waals surface area contributed by atoms with Crippen molar-refractivity contribution >= 4 is 68.9 Å². The molecule has 0 bridgehead atoms. The quantitative estimate of drug-likeness (QED) is 0.767. The van der Waals surface area contributed by atoms with Gasteiger partial charge in [0.05, 0.1) is 10.7 Å². The Morgan fingerprint density at radius 1 is 1.12 bits per heavy atom. The lowest BCUT2D eigenvalue weighted by Gasteiger charge is -2.08. The van der Waals surface area contributed by atoms with Gasteiger partial charge in [-0.15, -0.1) is 10.2 Å². The minimum atomic E-state index is 0.0125. The summed E-state index contributed by atoms with van der Waals surface area (Å²) in [6, 6.07) is 5.53. The van der Waals surface area contributed by atoms with Crippen LogP contribution in [0.15, 0.2) is 18.2 Å². The van der Waals surface area contributed by atoms with Crippen LogP contribution in [0.2, 0.25) is 15.5 Å². The average molecular weight is 401 g/mol. The standard InChI is InChI=1S/C9H4Cl3IN4/c10-5-3-4(13)1-2-6(5)14-8-7(11)16-17-9(12)15-8/h1-3H,(H,14,15,17). The molecule has 1 aromatic heterocycles. The summed E-state index contributed by atoms with van der Waals surface area (Å²) in [7, 11) is 0. The fraction of sp³-hybridized carbons (Fsp3) is 0. The molecule has 0 saturated heterocycles. The van der Waals surface area contributed by atoms with E-state index in [0.717, 1.165) is 3.57 Å². The van der Waals surface area contributed by atoms with Crippen molar-refractivity contribution in [2.75, 3.05) is 5.32 Å². The van der Waals surface area contributed by atoms with E-state index >= 15 is 0 Å². The molecular weight excluding hydrogens is 397 g/mol. The highest BCUT2D eigenvalue weighted by atomic mass is 127. The summed E-state index contributed by atoms with van der Waals surface area (Å²) in [6.45, 7) is 0. The number of anilines is 2. The van der Waals surface area contributed by atoms with Gasteiger partial charge in [0.2, 0.25) is 5.28 Å². The van der Waals surface area contributed by atoms with E-state index < -0.39 is 0 Å². The highest BCUT2D eigenvalue weighted by molar-refractivity contribution is 14.1. The summed E-state index contributed by atoms with van der Waals surface area (Å²) in [5.41, 5.74) is 0.672.